The van der Waals surface area contributed by atoms with Gasteiger partial charge in [-0.1, -0.05) is 95.4 Å². The number of hydrogen-bond donors (Lipinski definition) is 1. The second-order valence-corrected chi connectivity index (χ2v) is 10.8. The molecule has 0 radical (unpaired) electrons. The van der Waals surface area contributed by atoms with E-state index in [1.165, 1.54) is 0 Å². The molecule has 3 aromatic rings. The van der Waals surface area contributed by atoms with E-state index in [9.17, 15) is 14.4 Å². The van der Waals surface area contributed by atoms with Gasteiger partial charge in [-0.05, 0) is 59.2 Å². The lowest BCUT2D eigenvalue weighted by Gasteiger charge is -2.33. The summed E-state index contributed by atoms with van der Waals surface area (Å²) >= 11 is 24.5. The van der Waals surface area contributed by atoms with Crippen LogP contribution >= 0.6 is 46.4 Å². The van der Waals surface area contributed by atoms with E-state index >= 15 is 0 Å². The molecule has 4 rings (SSSR count). The fraction of sp³-hybridized carbons (Fsp3) is 0.129. The molecule has 5 nitrogen and oxygen atoms in total. The van der Waals surface area contributed by atoms with Gasteiger partial charge < -0.3 is 10.2 Å². The molecule has 204 valence electrons. The zero-order valence-corrected chi connectivity index (χ0v) is 24.2. The third-order valence-electron chi connectivity index (χ3n) is 6.27. The van der Waals surface area contributed by atoms with Crippen molar-refractivity contribution in [3.63, 3.8) is 0 Å². The maximum absolute atomic E-state index is 13.9. The average molecular weight is 614 g/mol. The lowest BCUT2D eigenvalue weighted by atomic mass is 9.93. The Morgan fingerprint density at radius 2 is 1.35 bits per heavy atom. The third kappa shape index (κ3) is 7.43. The number of hydrogen-bond acceptors (Lipinski definition) is 3. The van der Waals surface area contributed by atoms with Crippen molar-refractivity contribution in [1.82, 2.24) is 10.2 Å². The van der Waals surface area contributed by atoms with Crippen LogP contribution in [0.2, 0.25) is 20.1 Å². The summed E-state index contributed by atoms with van der Waals surface area (Å²) in [5.74, 6) is -1.04. The summed E-state index contributed by atoms with van der Waals surface area (Å²) in [7, 11) is 0. The number of Topliss-reactive ketones (excluding diaryl/α,β-unsaturated/α-hetero) is 1. The van der Waals surface area contributed by atoms with E-state index in [0.717, 1.165) is 11.6 Å². The van der Waals surface area contributed by atoms with Crippen LogP contribution < -0.4 is 5.32 Å². The van der Waals surface area contributed by atoms with Gasteiger partial charge in [-0.3, -0.25) is 14.4 Å². The Morgan fingerprint density at radius 3 is 1.82 bits per heavy atom. The van der Waals surface area contributed by atoms with E-state index in [4.69, 9.17) is 46.4 Å². The van der Waals surface area contributed by atoms with E-state index in [-0.39, 0.29) is 31.2 Å². The highest BCUT2D eigenvalue weighted by molar-refractivity contribution is 6.42. The van der Waals surface area contributed by atoms with Crippen molar-refractivity contribution in [3.8, 4) is 0 Å². The standard InChI is InChI=1S/C31H24Cl4N2O3/c1-2-29(38)36-28(16-19-6-4-3-5-7-19)31(40)37-17-22(12-20-8-10-24(32)26(34)14-20)30(39)23(18-37)13-21-9-11-25(33)27(35)15-21/h2-15,28H,1,16-18H2,(H,36,38)/b22-12+,23-13+/t28-/m0/s1. The van der Waals surface area contributed by atoms with E-state index in [1.54, 1.807) is 53.5 Å². The highest BCUT2D eigenvalue weighted by Crippen LogP contribution is 2.28. The van der Waals surface area contributed by atoms with Crippen LogP contribution in [0.1, 0.15) is 16.7 Å². The summed E-state index contributed by atoms with van der Waals surface area (Å²) in [5, 5.41) is 4.20. The van der Waals surface area contributed by atoms with E-state index in [1.807, 2.05) is 30.3 Å². The number of rotatable bonds is 7. The first-order valence-electron chi connectivity index (χ1n) is 12.3. The third-order valence-corrected chi connectivity index (χ3v) is 7.75. The van der Waals surface area contributed by atoms with Gasteiger partial charge in [-0.15, -0.1) is 0 Å². The summed E-state index contributed by atoms with van der Waals surface area (Å²) in [5.41, 5.74) is 2.93. The first-order chi connectivity index (χ1) is 19.1. The lowest BCUT2D eigenvalue weighted by Crippen LogP contribution is -2.52. The second-order valence-electron chi connectivity index (χ2n) is 9.16. The number of amides is 2. The maximum atomic E-state index is 13.9. The fourth-order valence-corrected chi connectivity index (χ4v) is 4.92. The highest BCUT2D eigenvalue weighted by Gasteiger charge is 2.33. The minimum Gasteiger partial charge on any atom is -0.340 e. The molecule has 0 saturated carbocycles. The number of ketones is 1. The molecule has 0 aromatic heterocycles. The summed E-state index contributed by atoms with van der Waals surface area (Å²) < 4.78 is 0. The molecule has 0 bridgehead atoms. The van der Waals surface area contributed by atoms with Gasteiger partial charge in [0, 0.05) is 30.7 Å². The number of nitrogens with zero attached hydrogens (tertiary/aromatic N) is 1. The van der Waals surface area contributed by atoms with Crippen LogP contribution in [0.5, 0.6) is 0 Å². The fourth-order valence-electron chi connectivity index (χ4n) is 4.30. The topological polar surface area (TPSA) is 66.5 Å². The van der Waals surface area contributed by atoms with Crippen molar-refractivity contribution in [2.45, 2.75) is 12.5 Å². The molecule has 2 amide bonds. The monoisotopic (exact) mass is 612 g/mol. The van der Waals surface area contributed by atoms with Gasteiger partial charge in [-0.25, -0.2) is 0 Å². The van der Waals surface area contributed by atoms with Crippen LogP contribution in [0.15, 0.2) is 90.5 Å². The molecule has 1 atom stereocenters. The van der Waals surface area contributed by atoms with E-state index in [0.29, 0.717) is 42.4 Å². The van der Waals surface area contributed by atoms with Crippen molar-refractivity contribution in [2.75, 3.05) is 13.1 Å². The van der Waals surface area contributed by atoms with Crippen molar-refractivity contribution >= 4 is 76.2 Å². The smallest absolute Gasteiger partial charge is 0.246 e. The van der Waals surface area contributed by atoms with Crippen molar-refractivity contribution in [3.05, 3.63) is 127 Å². The van der Waals surface area contributed by atoms with Gasteiger partial charge in [0.15, 0.2) is 5.78 Å². The SMILES string of the molecule is C=CC(=O)N[C@@H](Cc1ccccc1)C(=O)N1C/C(=C\c2ccc(Cl)c(Cl)c2)C(=O)/C(=C/c2ccc(Cl)c(Cl)c2)C1. The van der Waals surface area contributed by atoms with Crippen molar-refractivity contribution < 1.29 is 14.4 Å². The molecule has 1 heterocycles. The number of nitrogens with one attached hydrogen (secondary N) is 1. The Balaban J connectivity index is 1.73. The van der Waals surface area contributed by atoms with Gasteiger partial charge in [0.05, 0.1) is 20.1 Å². The molecule has 1 N–H and O–H groups in total. The first-order valence-corrected chi connectivity index (χ1v) is 13.8. The summed E-state index contributed by atoms with van der Waals surface area (Å²) in [4.78, 5) is 41.3. The normalized spacial score (nSPS) is 16.2. The van der Waals surface area contributed by atoms with Crippen LogP contribution in [0, 0.1) is 0 Å². The number of carbonyl (C=O) groups excluding carboxylic acids is 3. The Morgan fingerprint density at radius 1 is 0.825 bits per heavy atom. The Labute approximate surface area is 252 Å². The summed E-state index contributed by atoms with van der Waals surface area (Å²) in [6, 6.07) is 18.5. The van der Waals surface area contributed by atoms with E-state index in [2.05, 4.69) is 11.9 Å². The summed E-state index contributed by atoms with van der Waals surface area (Å²) in [6.07, 6.45) is 4.75. The van der Waals surface area contributed by atoms with Crippen LogP contribution in [-0.2, 0) is 20.8 Å². The van der Waals surface area contributed by atoms with Crippen LogP contribution in [-0.4, -0.2) is 41.6 Å². The van der Waals surface area contributed by atoms with Gasteiger partial charge in [0.1, 0.15) is 6.04 Å². The zero-order chi connectivity index (χ0) is 28.8. The van der Waals surface area contributed by atoms with E-state index < -0.39 is 11.9 Å². The minimum absolute atomic E-state index is 0.0336. The highest BCUT2D eigenvalue weighted by atomic mass is 35.5. The molecule has 3 aromatic carbocycles. The molecule has 9 heteroatoms. The lowest BCUT2D eigenvalue weighted by molar-refractivity contribution is -0.135. The Kier molecular flexibility index (Phi) is 9.88. The molecule has 0 aliphatic carbocycles. The number of halogens is 4. The molecule has 1 aliphatic heterocycles. The van der Waals surface area contributed by atoms with Crippen LogP contribution in [0.3, 0.4) is 0 Å². The number of piperidine rings is 1. The van der Waals surface area contributed by atoms with Crippen molar-refractivity contribution in [1.29, 1.82) is 0 Å². The van der Waals surface area contributed by atoms with Crippen molar-refractivity contribution in [2.24, 2.45) is 0 Å². The first kappa shape index (κ1) is 29.6. The van der Waals surface area contributed by atoms with Gasteiger partial charge in [0.2, 0.25) is 11.8 Å². The average Bonchev–Trinajstić information content (AvgIpc) is 2.94. The molecule has 1 saturated heterocycles. The quantitative estimate of drug-likeness (QED) is 0.289. The molecular weight excluding hydrogens is 590 g/mol. The molecule has 0 spiro atoms. The molecule has 0 unspecified atom stereocenters. The largest absolute Gasteiger partial charge is 0.340 e. The molecule has 40 heavy (non-hydrogen) atoms. The molecule has 1 fully saturated rings. The minimum atomic E-state index is -0.876. The van der Waals surface area contributed by atoms with Gasteiger partial charge in [0.25, 0.3) is 0 Å². The second kappa shape index (κ2) is 13.3. The number of carbonyl (C=O) groups is 3. The number of benzene rings is 3. The predicted molar refractivity (Wildman–Crippen MR) is 163 cm³/mol. The van der Waals surface area contributed by atoms with Gasteiger partial charge in [-0.2, -0.15) is 0 Å². The Hall–Kier alpha value is -3.35. The molecular formula is C31H24Cl4N2O3. The van der Waals surface area contributed by atoms with Crippen LogP contribution in [0.25, 0.3) is 12.2 Å². The predicted octanol–water partition coefficient (Wildman–Crippen LogP) is 7.09. The van der Waals surface area contributed by atoms with Crippen LogP contribution in [0.4, 0.5) is 0 Å². The number of likely N-dealkylation sites (tertiary alicyclic amines) is 1. The summed E-state index contributed by atoms with van der Waals surface area (Å²) in [6.45, 7) is 3.57. The molecule has 1 aliphatic rings. The maximum Gasteiger partial charge on any atom is 0.246 e. The Bertz CT molecular complexity index is 1460. The van der Waals surface area contributed by atoms with Gasteiger partial charge >= 0.3 is 0 Å². The zero-order valence-electron chi connectivity index (χ0n) is 21.2.